The van der Waals surface area contributed by atoms with Crippen molar-refractivity contribution in [3.8, 4) is 5.75 Å². The molecule has 2 fully saturated rings. The lowest BCUT2D eigenvalue weighted by Gasteiger charge is -2.24. The molecule has 1 aliphatic heterocycles. The molecule has 1 saturated heterocycles. The summed E-state index contributed by atoms with van der Waals surface area (Å²) in [7, 11) is 1.67. The molecule has 4 heteroatoms. The highest BCUT2D eigenvalue weighted by Gasteiger charge is 2.42. The predicted octanol–water partition coefficient (Wildman–Crippen LogP) is 2.56. The Morgan fingerprint density at radius 3 is 2.48 bits per heavy atom. The zero-order valence-electron chi connectivity index (χ0n) is 13.0. The molecule has 1 amide bonds. The standard InChI is InChI=1S/C17H24N2O2/c1-11(2)15-17(20)19(10-12-4-5-12)16(18-15)13-6-8-14(21-3)9-7-13/h6-9,11-12,15-16,18H,4-5,10H2,1-3H3. The summed E-state index contributed by atoms with van der Waals surface area (Å²) in [6.07, 6.45) is 2.51. The highest BCUT2D eigenvalue weighted by molar-refractivity contribution is 5.85. The minimum Gasteiger partial charge on any atom is -0.497 e. The second-order valence-corrected chi connectivity index (χ2v) is 6.50. The fourth-order valence-corrected chi connectivity index (χ4v) is 2.95. The first-order chi connectivity index (χ1) is 10.1. The SMILES string of the molecule is COc1ccc(C2NC(C(C)C)C(=O)N2CC2CC2)cc1. The molecule has 2 aliphatic rings. The van der Waals surface area contributed by atoms with Crippen LogP contribution in [-0.4, -0.2) is 30.5 Å². The van der Waals surface area contributed by atoms with Crippen molar-refractivity contribution in [3.63, 3.8) is 0 Å². The van der Waals surface area contributed by atoms with Gasteiger partial charge in [0.1, 0.15) is 11.9 Å². The zero-order chi connectivity index (χ0) is 15.0. The number of hydrogen-bond acceptors (Lipinski definition) is 3. The third kappa shape index (κ3) is 2.91. The maximum atomic E-state index is 12.7. The largest absolute Gasteiger partial charge is 0.497 e. The number of benzene rings is 1. The molecule has 0 bridgehead atoms. The van der Waals surface area contributed by atoms with Gasteiger partial charge in [-0.05, 0) is 42.4 Å². The number of hydrogen-bond donors (Lipinski definition) is 1. The number of ether oxygens (including phenoxy) is 1. The number of carbonyl (C=O) groups excluding carboxylic acids is 1. The minimum absolute atomic E-state index is 0.00333. The molecular weight excluding hydrogens is 264 g/mol. The van der Waals surface area contributed by atoms with Gasteiger partial charge in [0.15, 0.2) is 0 Å². The summed E-state index contributed by atoms with van der Waals surface area (Å²) in [4.78, 5) is 14.7. The normalized spacial score (nSPS) is 25.7. The fourth-order valence-electron chi connectivity index (χ4n) is 2.95. The summed E-state index contributed by atoms with van der Waals surface area (Å²) in [5.41, 5.74) is 1.13. The van der Waals surface area contributed by atoms with E-state index in [1.807, 2.05) is 29.2 Å². The van der Waals surface area contributed by atoms with E-state index in [4.69, 9.17) is 4.74 Å². The van der Waals surface area contributed by atoms with Crippen LogP contribution in [0.3, 0.4) is 0 Å². The van der Waals surface area contributed by atoms with Crippen LogP contribution in [0.25, 0.3) is 0 Å². The average molecular weight is 288 g/mol. The lowest BCUT2D eigenvalue weighted by molar-refractivity contribution is -0.131. The van der Waals surface area contributed by atoms with E-state index in [-0.39, 0.29) is 18.1 Å². The maximum Gasteiger partial charge on any atom is 0.241 e. The molecule has 1 saturated carbocycles. The van der Waals surface area contributed by atoms with Gasteiger partial charge >= 0.3 is 0 Å². The van der Waals surface area contributed by atoms with E-state index in [9.17, 15) is 4.79 Å². The molecule has 21 heavy (non-hydrogen) atoms. The Morgan fingerprint density at radius 1 is 1.29 bits per heavy atom. The average Bonchev–Trinajstić information content (AvgIpc) is 3.24. The summed E-state index contributed by atoms with van der Waals surface area (Å²) in [6.45, 7) is 5.08. The molecule has 0 spiro atoms. The summed E-state index contributed by atoms with van der Waals surface area (Å²) >= 11 is 0. The lowest BCUT2D eigenvalue weighted by atomic mass is 10.1. The molecule has 4 nitrogen and oxygen atoms in total. The number of nitrogens with zero attached hydrogens (tertiary/aromatic N) is 1. The van der Waals surface area contributed by atoms with Gasteiger partial charge in [0.2, 0.25) is 5.91 Å². The Labute approximate surface area is 126 Å². The third-order valence-corrected chi connectivity index (χ3v) is 4.45. The molecule has 2 unspecified atom stereocenters. The predicted molar refractivity (Wildman–Crippen MR) is 81.9 cm³/mol. The van der Waals surface area contributed by atoms with E-state index in [2.05, 4.69) is 19.2 Å². The van der Waals surface area contributed by atoms with Gasteiger partial charge in [-0.1, -0.05) is 26.0 Å². The van der Waals surface area contributed by atoms with Gasteiger partial charge < -0.3 is 9.64 Å². The van der Waals surface area contributed by atoms with Gasteiger partial charge in [-0.2, -0.15) is 0 Å². The first-order valence-electron chi connectivity index (χ1n) is 7.80. The van der Waals surface area contributed by atoms with Crippen molar-refractivity contribution in [3.05, 3.63) is 29.8 Å². The van der Waals surface area contributed by atoms with Gasteiger partial charge in [-0.3, -0.25) is 10.1 Å². The van der Waals surface area contributed by atoms with Crippen LogP contribution in [0.5, 0.6) is 5.75 Å². The van der Waals surface area contributed by atoms with Gasteiger partial charge in [0.05, 0.1) is 13.2 Å². The highest BCUT2D eigenvalue weighted by atomic mass is 16.5. The molecule has 1 aromatic carbocycles. The van der Waals surface area contributed by atoms with E-state index < -0.39 is 0 Å². The van der Waals surface area contributed by atoms with Crippen LogP contribution in [0.15, 0.2) is 24.3 Å². The molecule has 1 aliphatic carbocycles. The first kappa shape index (κ1) is 14.4. The molecule has 114 valence electrons. The molecule has 1 heterocycles. The monoisotopic (exact) mass is 288 g/mol. The van der Waals surface area contributed by atoms with Gasteiger partial charge in [0, 0.05) is 6.54 Å². The topological polar surface area (TPSA) is 41.6 Å². The first-order valence-corrected chi connectivity index (χ1v) is 7.80. The van der Waals surface area contributed by atoms with Crippen LogP contribution in [0.4, 0.5) is 0 Å². The van der Waals surface area contributed by atoms with Crippen molar-refractivity contribution in [2.75, 3.05) is 13.7 Å². The summed E-state index contributed by atoms with van der Waals surface area (Å²) in [6, 6.07) is 7.94. The minimum atomic E-state index is -0.0733. The van der Waals surface area contributed by atoms with Crippen molar-refractivity contribution in [2.45, 2.75) is 38.9 Å². The molecule has 0 radical (unpaired) electrons. The molecular formula is C17H24N2O2. The Kier molecular flexibility index (Phi) is 3.89. The second kappa shape index (κ2) is 5.68. The molecule has 0 aromatic heterocycles. The summed E-state index contributed by atoms with van der Waals surface area (Å²) < 4.78 is 5.21. The Morgan fingerprint density at radius 2 is 1.95 bits per heavy atom. The zero-order valence-corrected chi connectivity index (χ0v) is 13.0. The molecule has 1 aromatic rings. The smallest absolute Gasteiger partial charge is 0.241 e. The molecule has 3 rings (SSSR count). The van der Waals surface area contributed by atoms with E-state index in [0.29, 0.717) is 11.8 Å². The number of amides is 1. The van der Waals surface area contributed by atoms with Crippen LogP contribution >= 0.6 is 0 Å². The summed E-state index contributed by atoms with van der Waals surface area (Å²) in [5, 5.41) is 3.51. The van der Waals surface area contributed by atoms with Crippen molar-refractivity contribution < 1.29 is 9.53 Å². The van der Waals surface area contributed by atoms with E-state index in [1.54, 1.807) is 7.11 Å². The van der Waals surface area contributed by atoms with E-state index in [1.165, 1.54) is 12.8 Å². The quantitative estimate of drug-likeness (QED) is 0.905. The number of rotatable bonds is 5. The van der Waals surface area contributed by atoms with Crippen molar-refractivity contribution in [1.29, 1.82) is 0 Å². The van der Waals surface area contributed by atoms with Crippen molar-refractivity contribution in [2.24, 2.45) is 11.8 Å². The van der Waals surface area contributed by atoms with Crippen LogP contribution in [0.2, 0.25) is 0 Å². The van der Waals surface area contributed by atoms with Crippen LogP contribution < -0.4 is 10.1 Å². The summed E-state index contributed by atoms with van der Waals surface area (Å²) in [5.74, 6) is 2.10. The fraction of sp³-hybridized carbons (Fsp3) is 0.588. The highest BCUT2D eigenvalue weighted by Crippen LogP contribution is 2.36. The Balaban J connectivity index is 1.83. The Bertz CT molecular complexity index is 508. The van der Waals surface area contributed by atoms with Gasteiger partial charge in [-0.25, -0.2) is 0 Å². The Hall–Kier alpha value is -1.55. The number of carbonyl (C=O) groups is 1. The van der Waals surface area contributed by atoms with Gasteiger partial charge in [-0.15, -0.1) is 0 Å². The maximum absolute atomic E-state index is 12.7. The van der Waals surface area contributed by atoms with E-state index >= 15 is 0 Å². The van der Waals surface area contributed by atoms with Crippen LogP contribution in [-0.2, 0) is 4.79 Å². The number of methoxy groups -OCH3 is 1. The van der Waals surface area contributed by atoms with Crippen LogP contribution in [0.1, 0.15) is 38.4 Å². The van der Waals surface area contributed by atoms with Crippen molar-refractivity contribution >= 4 is 5.91 Å². The van der Waals surface area contributed by atoms with Crippen molar-refractivity contribution in [1.82, 2.24) is 10.2 Å². The van der Waals surface area contributed by atoms with Gasteiger partial charge in [0.25, 0.3) is 0 Å². The molecule has 1 N–H and O–H groups in total. The van der Waals surface area contributed by atoms with E-state index in [0.717, 1.165) is 17.9 Å². The van der Waals surface area contributed by atoms with Crippen LogP contribution in [0, 0.1) is 11.8 Å². The third-order valence-electron chi connectivity index (χ3n) is 4.45. The number of nitrogens with one attached hydrogen (secondary N) is 1. The lowest BCUT2D eigenvalue weighted by Crippen LogP contribution is -2.35. The second-order valence-electron chi connectivity index (χ2n) is 6.50. The molecule has 2 atom stereocenters.